The number of benzene rings is 1. The van der Waals surface area contributed by atoms with Crippen molar-refractivity contribution in [1.82, 2.24) is 34.7 Å². The summed E-state index contributed by atoms with van der Waals surface area (Å²) in [7, 11) is 1.70. The van der Waals surface area contributed by atoms with Gasteiger partial charge in [-0.2, -0.15) is 4.98 Å². The number of anilines is 4. The summed E-state index contributed by atoms with van der Waals surface area (Å²) in [4.78, 5) is 23.0. The summed E-state index contributed by atoms with van der Waals surface area (Å²) < 4.78 is 42.7. The number of hydrogen-bond acceptors (Lipinski definition) is 9. The topological polar surface area (TPSA) is 124 Å². The third-order valence-corrected chi connectivity index (χ3v) is 6.44. The average Bonchev–Trinajstić information content (AvgIpc) is 3.16. The quantitative estimate of drug-likeness (QED) is 0.429. The number of alkyl halides is 2. The number of nitrogens with two attached hydrogens (primary N) is 1. The average molecular weight is 494 g/mol. The molecular weight excluding hydrogens is 473 g/mol. The highest BCUT2D eigenvalue weighted by molar-refractivity contribution is 5.66. The fraction of sp³-hybridized carbons (Fsp3) is 0.304. The molecule has 0 amide bonds. The normalized spacial score (nSPS) is 17.5. The number of nitrogens with zero attached hydrogens (tertiary/aromatic N) is 8. The maximum atomic E-state index is 14.7. The molecule has 2 aliphatic rings. The van der Waals surface area contributed by atoms with E-state index in [1.165, 1.54) is 16.9 Å². The number of aryl methyl sites for hydroxylation is 1. The van der Waals surface area contributed by atoms with Crippen LogP contribution in [0.4, 0.5) is 36.7 Å². The minimum atomic E-state index is -2.54. The van der Waals surface area contributed by atoms with Crippen molar-refractivity contribution in [3.05, 3.63) is 48.7 Å². The van der Waals surface area contributed by atoms with Gasteiger partial charge in [0.15, 0.2) is 5.82 Å². The first kappa shape index (κ1) is 22.2. The van der Waals surface area contributed by atoms with E-state index in [4.69, 9.17) is 5.73 Å². The van der Waals surface area contributed by atoms with Crippen LogP contribution in [0, 0.1) is 11.2 Å². The third kappa shape index (κ3) is 3.95. The van der Waals surface area contributed by atoms with Gasteiger partial charge in [0.1, 0.15) is 5.82 Å². The summed E-state index contributed by atoms with van der Waals surface area (Å²) >= 11 is 0. The van der Waals surface area contributed by atoms with Gasteiger partial charge in [0.05, 0.1) is 11.3 Å². The fourth-order valence-corrected chi connectivity index (χ4v) is 4.84. The molecule has 1 spiro atoms. The Hall–Kier alpha value is -4.29. The highest BCUT2D eigenvalue weighted by atomic mass is 19.3. The lowest BCUT2D eigenvalue weighted by atomic mass is 9.61. The van der Waals surface area contributed by atoms with Gasteiger partial charge < -0.3 is 16.0 Å². The van der Waals surface area contributed by atoms with Gasteiger partial charge in [0, 0.05) is 68.2 Å². The number of hydrogen-bond donors (Lipinski definition) is 2. The molecule has 0 radical (unpaired) electrons. The second kappa shape index (κ2) is 7.86. The molecule has 3 N–H and O–H groups in total. The predicted molar refractivity (Wildman–Crippen MR) is 126 cm³/mol. The van der Waals surface area contributed by atoms with Crippen LogP contribution < -0.4 is 16.0 Å². The molecule has 1 aromatic carbocycles. The van der Waals surface area contributed by atoms with Crippen LogP contribution in [0.5, 0.6) is 0 Å². The van der Waals surface area contributed by atoms with Crippen molar-refractivity contribution in [3.8, 4) is 22.6 Å². The SMILES string of the molecule is Cn1nc(-c2cnc(N3CC4(C3)CC(F)(F)C4)nc2)nc1Nc1ccc(-c2ccnc(N)n2)c(F)c1. The Balaban J connectivity index is 1.14. The number of rotatable bonds is 5. The van der Waals surface area contributed by atoms with Crippen LogP contribution in [-0.2, 0) is 7.05 Å². The van der Waals surface area contributed by atoms with E-state index in [0.717, 1.165) is 0 Å². The summed E-state index contributed by atoms with van der Waals surface area (Å²) in [6.45, 7) is 1.08. The molecule has 1 saturated heterocycles. The van der Waals surface area contributed by atoms with Crippen molar-refractivity contribution in [2.24, 2.45) is 12.5 Å². The van der Waals surface area contributed by atoms with Gasteiger partial charge in [0.2, 0.25) is 23.8 Å². The minimum Gasteiger partial charge on any atom is -0.368 e. The molecule has 0 atom stereocenters. The summed E-state index contributed by atoms with van der Waals surface area (Å²) in [6.07, 6.45) is 4.54. The maximum absolute atomic E-state index is 14.7. The second-order valence-corrected chi connectivity index (χ2v) is 9.34. The van der Waals surface area contributed by atoms with Crippen molar-refractivity contribution >= 4 is 23.5 Å². The Bertz CT molecular complexity index is 1440. The molecule has 1 saturated carbocycles. The number of aromatic nitrogens is 7. The Labute approximate surface area is 203 Å². The summed E-state index contributed by atoms with van der Waals surface area (Å²) in [6, 6.07) is 6.20. The van der Waals surface area contributed by atoms with Crippen LogP contribution >= 0.6 is 0 Å². The van der Waals surface area contributed by atoms with Crippen LogP contribution in [0.2, 0.25) is 0 Å². The molecule has 0 unspecified atom stereocenters. The molecule has 2 fully saturated rings. The maximum Gasteiger partial charge on any atom is 0.249 e. The van der Waals surface area contributed by atoms with Gasteiger partial charge >= 0.3 is 0 Å². The lowest BCUT2D eigenvalue weighted by Crippen LogP contribution is -2.66. The van der Waals surface area contributed by atoms with Gasteiger partial charge in [0.25, 0.3) is 0 Å². The van der Waals surface area contributed by atoms with Crippen molar-refractivity contribution in [1.29, 1.82) is 0 Å². The van der Waals surface area contributed by atoms with Crippen LogP contribution in [0.1, 0.15) is 12.8 Å². The van der Waals surface area contributed by atoms with E-state index in [0.29, 0.717) is 53.3 Å². The van der Waals surface area contributed by atoms with Crippen molar-refractivity contribution in [3.63, 3.8) is 0 Å². The first-order valence-corrected chi connectivity index (χ1v) is 11.2. The Morgan fingerprint density at radius 3 is 2.44 bits per heavy atom. The van der Waals surface area contributed by atoms with Crippen molar-refractivity contribution in [2.45, 2.75) is 18.8 Å². The smallest absolute Gasteiger partial charge is 0.249 e. The van der Waals surface area contributed by atoms with Gasteiger partial charge in [-0.15, -0.1) is 5.10 Å². The molecule has 184 valence electrons. The number of halogens is 3. The third-order valence-electron chi connectivity index (χ3n) is 6.44. The Morgan fingerprint density at radius 2 is 1.78 bits per heavy atom. The molecular formula is C23H21F3N10. The fourth-order valence-electron chi connectivity index (χ4n) is 4.84. The molecule has 13 heteroatoms. The molecule has 0 bridgehead atoms. The highest BCUT2D eigenvalue weighted by Gasteiger charge is 2.62. The van der Waals surface area contributed by atoms with Crippen molar-refractivity contribution in [2.75, 3.05) is 29.0 Å². The van der Waals surface area contributed by atoms with Crippen LogP contribution in [-0.4, -0.2) is 53.7 Å². The van der Waals surface area contributed by atoms with E-state index >= 15 is 0 Å². The summed E-state index contributed by atoms with van der Waals surface area (Å²) in [5.74, 6) is -1.68. The molecule has 36 heavy (non-hydrogen) atoms. The zero-order chi connectivity index (χ0) is 25.1. The van der Waals surface area contributed by atoms with Crippen LogP contribution in [0.25, 0.3) is 22.6 Å². The van der Waals surface area contributed by atoms with E-state index in [9.17, 15) is 13.2 Å². The summed E-state index contributed by atoms with van der Waals surface area (Å²) in [5, 5.41) is 7.44. The monoisotopic (exact) mass is 494 g/mol. The van der Waals surface area contributed by atoms with Crippen LogP contribution in [0.3, 0.4) is 0 Å². The number of nitrogen functional groups attached to an aromatic ring is 1. The van der Waals surface area contributed by atoms with E-state index in [-0.39, 0.29) is 24.2 Å². The molecule has 10 nitrogen and oxygen atoms in total. The minimum absolute atomic E-state index is 0.0644. The Kier molecular flexibility index (Phi) is 4.85. The highest BCUT2D eigenvalue weighted by Crippen LogP contribution is 2.57. The first-order chi connectivity index (χ1) is 17.2. The van der Waals surface area contributed by atoms with E-state index < -0.39 is 11.7 Å². The standard InChI is InChI=1S/C23H21F3N10/c1-35-21(31-14-2-3-15(16(24)6-14)17-4-5-28-19(27)32-17)33-18(34-35)13-7-29-20(30-8-13)36-11-22(12-36)9-23(25,26)10-22/h2-8H,9-12H2,1H3,(H2,27,28,32)(H,31,33,34). The summed E-state index contributed by atoms with van der Waals surface area (Å²) in [5.41, 5.74) is 7.04. The van der Waals surface area contributed by atoms with Gasteiger partial charge in [-0.1, -0.05) is 0 Å². The predicted octanol–water partition coefficient (Wildman–Crippen LogP) is 3.43. The Morgan fingerprint density at radius 1 is 1.03 bits per heavy atom. The van der Waals surface area contributed by atoms with E-state index in [2.05, 4.69) is 35.3 Å². The van der Waals surface area contributed by atoms with Gasteiger partial charge in [-0.05, 0) is 24.3 Å². The van der Waals surface area contributed by atoms with Gasteiger partial charge in [-0.25, -0.2) is 37.8 Å². The molecule has 6 rings (SSSR count). The lowest BCUT2D eigenvalue weighted by molar-refractivity contribution is -0.170. The van der Waals surface area contributed by atoms with Crippen LogP contribution in [0.15, 0.2) is 42.9 Å². The second-order valence-electron chi connectivity index (χ2n) is 9.34. The lowest BCUT2D eigenvalue weighted by Gasteiger charge is -2.58. The molecule has 3 aromatic heterocycles. The van der Waals surface area contributed by atoms with E-state index in [1.54, 1.807) is 37.6 Å². The molecule has 1 aliphatic carbocycles. The first-order valence-electron chi connectivity index (χ1n) is 11.2. The van der Waals surface area contributed by atoms with Gasteiger partial charge in [-0.3, -0.25) is 0 Å². The van der Waals surface area contributed by atoms with E-state index in [1.807, 2.05) is 4.90 Å². The molecule has 1 aliphatic heterocycles. The number of nitrogens with one attached hydrogen (secondary N) is 1. The molecule has 4 heterocycles. The zero-order valence-corrected chi connectivity index (χ0v) is 19.2. The van der Waals surface area contributed by atoms with Crippen molar-refractivity contribution < 1.29 is 13.2 Å². The zero-order valence-electron chi connectivity index (χ0n) is 19.2. The molecule has 4 aromatic rings. The largest absolute Gasteiger partial charge is 0.368 e.